The molecule has 0 aromatic heterocycles. The van der Waals surface area contributed by atoms with Crippen LogP contribution in [0.2, 0.25) is 0 Å². The monoisotopic (exact) mass is 273 g/mol. The van der Waals surface area contributed by atoms with E-state index in [1.807, 2.05) is 55.5 Å². The van der Waals surface area contributed by atoms with Crippen LogP contribution in [0, 0.1) is 6.92 Å². The molecule has 1 atom stereocenters. The van der Waals surface area contributed by atoms with E-state index in [1.54, 1.807) is 0 Å². The summed E-state index contributed by atoms with van der Waals surface area (Å²) >= 11 is 1.31. The van der Waals surface area contributed by atoms with Gasteiger partial charge in [0.15, 0.2) is 0 Å². The van der Waals surface area contributed by atoms with E-state index in [4.69, 9.17) is 5.73 Å². The lowest BCUT2D eigenvalue weighted by molar-refractivity contribution is -0.136. The number of anilines is 1. The highest BCUT2D eigenvalue weighted by molar-refractivity contribution is 8.00. The summed E-state index contributed by atoms with van der Waals surface area (Å²) in [5, 5.41) is 8.77. The molecule has 0 bridgehead atoms. The third-order valence-electron chi connectivity index (χ3n) is 2.78. The summed E-state index contributed by atoms with van der Waals surface area (Å²) in [5.41, 5.74) is 8.21. The number of hydrogen-bond acceptors (Lipinski definition) is 3. The maximum Gasteiger partial charge on any atom is 0.321 e. The largest absolute Gasteiger partial charge is 0.480 e. The van der Waals surface area contributed by atoms with E-state index >= 15 is 0 Å². The predicted octanol–water partition coefficient (Wildman–Crippen LogP) is 3.50. The quantitative estimate of drug-likeness (QED) is 0.661. The highest BCUT2D eigenvalue weighted by Gasteiger charge is 2.21. The second-order valence-electron chi connectivity index (χ2n) is 4.27. The zero-order valence-corrected chi connectivity index (χ0v) is 11.4. The Balaban J connectivity index is 2.32. The van der Waals surface area contributed by atoms with Crippen LogP contribution in [0.5, 0.6) is 0 Å². The average Bonchev–Trinajstić information content (AvgIpc) is 2.40. The van der Waals surface area contributed by atoms with Crippen molar-refractivity contribution in [1.82, 2.24) is 0 Å². The summed E-state index contributed by atoms with van der Waals surface area (Å²) < 4.78 is 0. The van der Waals surface area contributed by atoms with Crippen LogP contribution in [0.1, 0.15) is 16.4 Å². The summed E-state index contributed by atoms with van der Waals surface area (Å²) in [6.45, 7) is 1.95. The minimum Gasteiger partial charge on any atom is -0.480 e. The molecule has 3 nitrogen and oxygen atoms in total. The minimum atomic E-state index is -0.849. The van der Waals surface area contributed by atoms with Crippen LogP contribution >= 0.6 is 11.8 Å². The van der Waals surface area contributed by atoms with Gasteiger partial charge in [0.25, 0.3) is 0 Å². The lowest BCUT2D eigenvalue weighted by Crippen LogP contribution is -2.08. The van der Waals surface area contributed by atoms with Gasteiger partial charge in [-0.3, -0.25) is 4.79 Å². The molecule has 0 fully saturated rings. The molecule has 2 aromatic carbocycles. The number of carboxylic acid groups (broad SMARTS) is 1. The summed E-state index contributed by atoms with van der Waals surface area (Å²) in [6, 6.07) is 14.8. The van der Waals surface area contributed by atoms with Gasteiger partial charge >= 0.3 is 5.97 Å². The molecule has 0 spiro atoms. The molecule has 0 aliphatic carbocycles. The van der Waals surface area contributed by atoms with Crippen molar-refractivity contribution in [3.63, 3.8) is 0 Å². The average molecular weight is 273 g/mol. The SMILES string of the molecule is Cc1ccc(N)cc1SC(C(=O)O)c1ccccc1. The van der Waals surface area contributed by atoms with Crippen LogP contribution in [0.3, 0.4) is 0 Å². The first kappa shape index (κ1) is 13.5. The number of carbonyl (C=O) groups is 1. The summed E-state index contributed by atoms with van der Waals surface area (Å²) in [4.78, 5) is 12.3. The molecule has 1 unspecified atom stereocenters. The Labute approximate surface area is 116 Å². The first-order chi connectivity index (χ1) is 9.08. The first-order valence-corrected chi connectivity index (χ1v) is 6.76. The van der Waals surface area contributed by atoms with Gasteiger partial charge < -0.3 is 10.8 Å². The van der Waals surface area contributed by atoms with Crippen LogP contribution in [0.4, 0.5) is 5.69 Å². The van der Waals surface area contributed by atoms with Crippen molar-refractivity contribution in [2.45, 2.75) is 17.1 Å². The Morgan fingerprint density at radius 3 is 2.53 bits per heavy atom. The minimum absolute atomic E-state index is 0.623. The van der Waals surface area contributed by atoms with Crippen LogP contribution in [-0.4, -0.2) is 11.1 Å². The standard InChI is InChI=1S/C15H15NO2S/c1-10-7-8-12(16)9-13(10)19-14(15(17)18)11-5-3-2-4-6-11/h2-9,14H,16H2,1H3,(H,17,18). The number of benzene rings is 2. The van der Waals surface area contributed by atoms with E-state index in [2.05, 4.69) is 0 Å². The maximum absolute atomic E-state index is 11.4. The summed E-state index contributed by atoms with van der Waals surface area (Å²) in [7, 11) is 0. The molecular weight excluding hydrogens is 258 g/mol. The number of thioether (sulfide) groups is 1. The van der Waals surface area contributed by atoms with Crippen molar-refractivity contribution in [3.05, 3.63) is 59.7 Å². The molecule has 0 heterocycles. The summed E-state index contributed by atoms with van der Waals surface area (Å²) in [5.74, 6) is -0.849. The maximum atomic E-state index is 11.4. The van der Waals surface area contributed by atoms with Crippen molar-refractivity contribution in [2.75, 3.05) is 5.73 Å². The Bertz CT molecular complexity index is 584. The number of carboxylic acids is 1. The van der Waals surface area contributed by atoms with Crippen LogP contribution < -0.4 is 5.73 Å². The number of aliphatic carboxylic acids is 1. The lowest BCUT2D eigenvalue weighted by atomic mass is 10.1. The second kappa shape index (κ2) is 5.80. The predicted molar refractivity (Wildman–Crippen MR) is 78.3 cm³/mol. The van der Waals surface area contributed by atoms with Gasteiger partial charge in [0.1, 0.15) is 5.25 Å². The van der Waals surface area contributed by atoms with Gasteiger partial charge in [-0.25, -0.2) is 0 Å². The molecule has 0 aliphatic heterocycles. The van der Waals surface area contributed by atoms with E-state index in [0.717, 1.165) is 16.0 Å². The topological polar surface area (TPSA) is 63.3 Å². The van der Waals surface area contributed by atoms with Crippen molar-refractivity contribution in [1.29, 1.82) is 0 Å². The molecule has 2 aromatic rings. The number of aryl methyl sites for hydroxylation is 1. The van der Waals surface area contributed by atoms with Crippen molar-refractivity contribution in [2.24, 2.45) is 0 Å². The molecule has 19 heavy (non-hydrogen) atoms. The number of nitrogen functional groups attached to an aromatic ring is 1. The van der Waals surface area contributed by atoms with Gasteiger partial charge in [-0.1, -0.05) is 36.4 Å². The molecule has 4 heteroatoms. The second-order valence-corrected chi connectivity index (χ2v) is 5.42. The molecule has 0 radical (unpaired) electrons. The van der Waals surface area contributed by atoms with Crippen molar-refractivity contribution >= 4 is 23.4 Å². The zero-order valence-electron chi connectivity index (χ0n) is 10.5. The van der Waals surface area contributed by atoms with Gasteiger partial charge in [0.2, 0.25) is 0 Å². The number of rotatable bonds is 4. The van der Waals surface area contributed by atoms with Crippen molar-refractivity contribution in [3.8, 4) is 0 Å². The van der Waals surface area contributed by atoms with E-state index in [-0.39, 0.29) is 0 Å². The highest BCUT2D eigenvalue weighted by Crippen LogP contribution is 2.37. The lowest BCUT2D eigenvalue weighted by Gasteiger charge is -2.14. The summed E-state index contributed by atoms with van der Waals surface area (Å²) in [6.07, 6.45) is 0. The molecule has 3 N–H and O–H groups in total. The number of nitrogens with two attached hydrogens (primary N) is 1. The normalized spacial score (nSPS) is 12.1. The molecule has 0 amide bonds. The highest BCUT2D eigenvalue weighted by atomic mass is 32.2. The Kier molecular flexibility index (Phi) is 4.12. The van der Waals surface area contributed by atoms with Gasteiger partial charge in [0.05, 0.1) is 0 Å². The van der Waals surface area contributed by atoms with Gasteiger partial charge in [0, 0.05) is 10.6 Å². The van der Waals surface area contributed by atoms with Crippen LogP contribution in [-0.2, 0) is 4.79 Å². The molecular formula is C15H15NO2S. The fraction of sp³-hybridized carbons (Fsp3) is 0.133. The third-order valence-corrected chi connectivity index (χ3v) is 4.19. The van der Waals surface area contributed by atoms with E-state index < -0.39 is 11.2 Å². The van der Waals surface area contributed by atoms with Crippen molar-refractivity contribution < 1.29 is 9.90 Å². The molecule has 98 valence electrons. The first-order valence-electron chi connectivity index (χ1n) is 5.88. The van der Waals surface area contributed by atoms with E-state index in [1.165, 1.54) is 11.8 Å². The zero-order chi connectivity index (χ0) is 13.8. The molecule has 0 saturated heterocycles. The molecule has 0 aliphatic rings. The van der Waals surface area contributed by atoms with Gasteiger partial charge in [-0.2, -0.15) is 0 Å². The van der Waals surface area contributed by atoms with Crippen LogP contribution in [0.25, 0.3) is 0 Å². The van der Waals surface area contributed by atoms with Crippen LogP contribution in [0.15, 0.2) is 53.4 Å². The fourth-order valence-corrected chi connectivity index (χ4v) is 2.87. The molecule has 2 rings (SSSR count). The smallest absolute Gasteiger partial charge is 0.321 e. The Morgan fingerprint density at radius 1 is 1.21 bits per heavy atom. The van der Waals surface area contributed by atoms with E-state index in [0.29, 0.717) is 5.69 Å². The Hall–Kier alpha value is -1.94. The molecule has 0 saturated carbocycles. The van der Waals surface area contributed by atoms with E-state index in [9.17, 15) is 9.90 Å². The Morgan fingerprint density at radius 2 is 1.89 bits per heavy atom. The third kappa shape index (κ3) is 3.29. The number of hydrogen-bond donors (Lipinski definition) is 2. The fourth-order valence-electron chi connectivity index (χ4n) is 1.76. The van der Waals surface area contributed by atoms with Gasteiger partial charge in [-0.15, -0.1) is 11.8 Å². The van der Waals surface area contributed by atoms with Gasteiger partial charge in [-0.05, 0) is 30.2 Å².